The maximum absolute atomic E-state index is 12.7. The molecule has 31 heavy (non-hydrogen) atoms. The van der Waals surface area contributed by atoms with E-state index in [0.717, 1.165) is 42.6 Å². The van der Waals surface area contributed by atoms with Gasteiger partial charge in [-0.05, 0) is 55.3 Å². The number of fused-ring (bicyclic) bond motifs is 1. The molecule has 1 aliphatic heterocycles. The van der Waals surface area contributed by atoms with Gasteiger partial charge in [0.25, 0.3) is 11.8 Å². The molecule has 4 N–H and O–H groups in total. The number of alkyl halides is 3. The van der Waals surface area contributed by atoms with Crippen LogP contribution in [0, 0.1) is 0 Å². The van der Waals surface area contributed by atoms with Crippen molar-refractivity contribution in [3.63, 3.8) is 0 Å². The second-order valence-corrected chi connectivity index (χ2v) is 7.60. The van der Waals surface area contributed by atoms with Crippen LogP contribution in [0.2, 0.25) is 0 Å². The summed E-state index contributed by atoms with van der Waals surface area (Å²) in [7, 11) is 0. The summed E-state index contributed by atoms with van der Waals surface area (Å²) >= 11 is 0. The standard InChI is InChI=1S/C22H21F3N4O2/c23-22(24,25)14-5-3-13(4-6-14)21(31)28-15-2-1-11-29(12-15)18-8-7-17(20(26)30)19-16(18)9-10-27-19/h3-10,15,27H,1-2,11-12H2,(H2,26,30)(H,28,31)/t15-/m1/s1. The summed E-state index contributed by atoms with van der Waals surface area (Å²) in [6.07, 6.45) is -1.10. The van der Waals surface area contributed by atoms with Crippen molar-refractivity contribution in [1.29, 1.82) is 0 Å². The number of carbonyl (C=O) groups excluding carboxylic acids is 2. The molecule has 0 spiro atoms. The van der Waals surface area contributed by atoms with Gasteiger partial charge in [-0.15, -0.1) is 0 Å². The van der Waals surface area contributed by atoms with Crippen LogP contribution in [-0.2, 0) is 6.18 Å². The van der Waals surface area contributed by atoms with Gasteiger partial charge in [0.05, 0.1) is 16.6 Å². The van der Waals surface area contributed by atoms with Crippen molar-refractivity contribution in [3.8, 4) is 0 Å². The largest absolute Gasteiger partial charge is 0.416 e. The highest BCUT2D eigenvalue weighted by Crippen LogP contribution is 2.31. The molecule has 2 aromatic carbocycles. The van der Waals surface area contributed by atoms with Crippen molar-refractivity contribution in [3.05, 3.63) is 65.4 Å². The number of primary amides is 1. The SMILES string of the molecule is NC(=O)c1ccc(N2CCC[C@@H](NC(=O)c3ccc(C(F)(F)F)cc3)C2)c2cc[nH]c12. The summed E-state index contributed by atoms with van der Waals surface area (Å²) < 4.78 is 38.2. The number of nitrogens with zero attached hydrogens (tertiary/aromatic N) is 1. The molecule has 4 rings (SSSR count). The number of H-pyrrole nitrogens is 1. The summed E-state index contributed by atoms with van der Waals surface area (Å²) in [6, 6.07) is 9.43. The Morgan fingerprint density at radius 1 is 1.10 bits per heavy atom. The molecule has 2 heterocycles. The van der Waals surface area contributed by atoms with E-state index in [9.17, 15) is 22.8 Å². The Labute approximate surface area is 176 Å². The summed E-state index contributed by atoms with van der Waals surface area (Å²) in [4.78, 5) is 29.4. The minimum Gasteiger partial charge on any atom is -0.369 e. The number of halogens is 3. The molecule has 0 bridgehead atoms. The predicted molar refractivity (Wildman–Crippen MR) is 111 cm³/mol. The van der Waals surface area contributed by atoms with Gasteiger partial charge < -0.3 is 20.9 Å². The smallest absolute Gasteiger partial charge is 0.369 e. The molecule has 3 aromatic rings. The second kappa shape index (κ2) is 7.98. The zero-order valence-electron chi connectivity index (χ0n) is 16.5. The quantitative estimate of drug-likeness (QED) is 0.590. The molecule has 1 aliphatic rings. The first kappa shape index (κ1) is 20.8. The van der Waals surface area contributed by atoms with E-state index in [4.69, 9.17) is 5.73 Å². The lowest BCUT2D eigenvalue weighted by Gasteiger charge is -2.35. The molecule has 2 amide bonds. The normalized spacial score (nSPS) is 17.0. The number of hydrogen-bond acceptors (Lipinski definition) is 3. The van der Waals surface area contributed by atoms with E-state index in [1.165, 1.54) is 12.1 Å². The highest BCUT2D eigenvalue weighted by Gasteiger charge is 2.30. The Hall–Kier alpha value is -3.49. The van der Waals surface area contributed by atoms with E-state index in [1.54, 1.807) is 12.3 Å². The van der Waals surface area contributed by atoms with Crippen molar-refractivity contribution < 1.29 is 22.8 Å². The number of amides is 2. The lowest BCUT2D eigenvalue weighted by molar-refractivity contribution is -0.137. The zero-order valence-corrected chi connectivity index (χ0v) is 16.5. The van der Waals surface area contributed by atoms with Crippen molar-refractivity contribution in [2.75, 3.05) is 18.0 Å². The molecule has 1 saturated heterocycles. The van der Waals surface area contributed by atoms with Gasteiger partial charge in [-0.2, -0.15) is 13.2 Å². The summed E-state index contributed by atoms with van der Waals surface area (Å²) in [5.41, 5.74) is 6.85. The number of nitrogens with one attached hydrogen (secondary N) is 2. The van der Waals surface area contributed by atoms with Gasteiger partial charge in [0, 0.05) is 42.0 Å². The summed E-state index contributed by atoms with van der Waals surface area (Å²) in [5, 5.41) is 3.79. The fourth-order valence-corrected chi connectivity index (χ4v) is 4.02. The zero-order chi connectivity index (χ0) is 22.2. The number of rotatable bonds is 4. The number of aromatic nitrogens is 1. The van der Waals surface area contributed by atoms with Gasteiger partial charge >= 0.3 is 6.18 Å². The van der Waals surface area contributed by atoms with Crippen molar-refractivity contribution in [1.82, 2.24) is 10.3 Å². The Bertz CT molecular complexity index is 1120. The summed E-state index contributed by atoms with van der Waals surface area (Å²) in [6.45, 7) is 1.32. The number of piperidine rings is 1. The lowest BCUT2D eigenvalue weighted by atomic mass is 10.0. The van der Waals surface area contributed by atoms with Crippen LogP contribution in [0.15, 0.2) is 48.7 Å². The van der Waals surface area contributed by atoms with E-state index in [0.29, 0.717) is 17.6 Å². The number of aromatic amines is 1. The molecule has 162 valence electrons. The van der Waals surface area contributed by atoms with Crippen LogP contribution in [0.1, 0.15) is 39.1 Å². The van der Waals surface area contributed by atoms with E-state index < -0.39 is 23.6 Å². The average Bonchev–Trinajstić information content (AvgIpc) is 3.22. The Morgan fingerprint density at radius 3 is 2.52 bits per heavy atom. The van der Waals surface area contributed by atoms with Crippen molar-refractivity contribution >= 4 is 28.4 Å². The maximum Gasteiger partial charge on any atom is 0.416 e. The molecule has 1 atom stereocenters. The van der Waals surface area contributed by atoms with Gasteiger partial charge in [0.15, 0.2) is 0 Å². The van der Waals surface area contributed by atoms with E-state index in [-0.39, 0.29) is 11.6 Å². The minimum absolute atomic E-state index is 0.159. The van der Waals surface area contributed by atoms with Crippen LogP contribution in [0.4, 0.5) is 18.9 Å². The van der Waals surface area contributed by atoms with E-state index >= 15 is 0 Å². The second-order valence-electron chi connectivity index (χ2n) is 7.60. The molecule has 6 nitrogen and oxygen atoms in total. The van der Waals surface area contributed by atoms with Gasteiger partial charge in [0.1, 0.15) is 0 Å². The molecule has 1 fully saturated rings. The molecule has 0 saturated carbocycles. The van der Waals surface area contributed by atoms with Crippen LogP contribution in [0.25, 0.3) is 10.9 Å². The number of hydrogen-bond donors (Lipinski definition) is 3. The van der Waals surface area contributed by atoms with Crippen LogP contribution >= 0.6 is 0 Å². The topological polar surface area (TPSA) is 91.2 Å². The fourth-order valence-electron chi connectivity index (χ4n) is 4.02. The predicted octanol–water partition coefficient (Wildman–Crippen LogP) is 3.68. The van der Waals surface area contributed by atoms with Crippen LogP contribution in [-0.4, -0.2) is 35.9 Å². The Morgan fingerprint density at radius 2 is 1.84 bits per heavy atom. The Balaban J connectivity index is 1.49. The van der Waals surface area contributed by atoms with Gasteiger partial charge in [0.2, 0.25) is 0 Å². The first-order valence-electron chi connectivity index (χ1n) is 9.87. The minimum atomic E-state index is -4.44. The van der Waals surface area contributed by atoms with Crippen LogP contribution in [0.3, 0.4) is 0 Å². The fraction of sp³-hybridized carbons (Fsp3) is 0.273. The Kier molecular flexibility index (Phi) is 5.34. The van der Waals surface area contributed by atoms with Gasteiger partial charge in [-0.25, -0.2) is 0 Å². The molecular weight excluding hydrogens is 409 g/mol. The third-order valence-electron chi connectivity index (χ3n) is 5.54. The molecule has 0 unspecified atom stereocenters. The number of benzene rings is 2. The molecule has 9 heteroatoms. The van der Waals surface area contributed by atoms with Crippen LogP contribution in [0.5, 0.6) is 0 Å². The maximum atomic E-state index is 12.7. The monoisotopic (exact) mass is 430 g/mol. The molecule has 0 radical (unpaired) electrons. The number of anilines is 1. The van der Waals surface area contributed by atoms with Crippen molar-refractivity contribution in [2.45, 2.75) is 25.1 Å². The van der Waals surface area contributed by atoms with Gasteiger partial charge in [-0.1, -0.05) is 0 Å². The molecular formula is C22H21F3N4O2. The number of nitrogens with two attached hydrogens (primary N) is 1. The number of carbonyl (C=O) groups is 2. The summed E-state index contributed by atoms with van der Waals surface area (Å²) in [5.74, 6) is -0.921. The molecule has 1 aromatic heterocycles. The van der Waals surface area contributed by atoms with Crippen LogP contribution < -0.4 is 16.0 Å². The van der Waals surface area contributed by atoms with E-state index in [2.05, 4.69) is 15.2 Å². The highest BCUT2D eigenvalue weighted by atomic mass is 19.4. The first-order valence-corrected chi connectivity index (χ1v) is 9.87. The van der Waals surface area contributed by atoms with E-state index in [1.807, 2.05) is 12.1 Å². The average molecular weight is 430 g/mol. The van der Waals surface area contributed by atoms with Gasteiger partial charge in [-0.3, -0.25) is 9.59 Å². The highest BCUT2D eigenvalue weighted by molar-refractivity contribution is 6.08. The third-order valence-corrected chi connectivity index (χ3v) is 5.54. The molecule has 0 aliphatic carbocycles. The lowest BCUT2D eigenvalue weighted by Crippen LogP contribution is -2.47. The first-order chi connectivity index (χ1) is 14.7. The van der Waals surface area contributed by atoms with Crippen molar-refractivity contribution in [2.24, 2.45) is 5.73 Å². The third kappa shape index (κ3) is 4.21.